The quantitative estimate of drug-likeness (QED) is 0.174. The van der Waals surface area contributed by atoms with E-state index in [-0.39, 0.29) is 11.3 Å². The van der Waals surface area contributed by atoms with Gasteiger partial charge in [-0.15, -0.1) is 0 Å². The summed E-state index contributed by atoms with van der Waals surface area (Å²) >= 11 is 0. The lowest BCUT2D eigenvalue weighted by Gasteiger charge is -2.07. The average Bonchev–Trinajstić information content (AvgIpc) is 2.84. The van der Waals surface area contributed by atoms with Gasteiger partial charge in [-0.1, -0.05) is 12.1 Å². The molecule has 0 saturated heterocycles. The number of nitro benzene ring substituents is 2. The summed E-state index contributed by atoms with van der Waals surface area (Å²) in [6.07, 6.45) is 1.24. The van der Waals surface area contributed by atoms with Gasteiger partial charge in [0.25, 0.3) is 17.3 Å². The van der Waals surface area contributed by atoms with Crippen LogP contribution < -0.4 is 14.9 Å². The number of ether oxygens (including phenoxy) is 2. The first-order valence-electron chi connectivity index (χ1n) is 9.51. The summed E-state index contributed by atoms with van der Waals surface area (Å²) in [6.45, 7) is 0. The van der Waals surface area contributed by atoms with Crippen LogP contribution in [-0.2, 0) is 0 Å². The molecule has 0 unspecified atom stereocenters. The maximum absolute atomic E-state index is 12.5. The van der Waals surface area contributed by atoms with Crippen molar-refractivity contribution >= 4 is 29.5 Å². The van der Waals surface area contributed by atoms with Crippen molar-refractivity contribution in [2.75, 3.05) is 7.11 Å². The molecule has 1 N–H and O–H groups in total. The third-order valence-electron chi connectivity index (χ3n) is 4.40. The Kier molecular flexibility index (Phi) is 7.24. The fourth-order valence-electron chi connectivity index (χ4n) is 2.73. The van der Waals surface area contributed by atoms with E-state index >= 15 is 0 Å². The second kappa shape index (κ2) is 10.5. The fourth-order valence-corrected chi connectivity index (χ4v) is 2.73. The minimum Gasteiger partial charge on any atom is -0.497 e. The van der Waals surface area contributed by atoms with Crippen LogP contribution in [0.1, 0.15) is 26.3 Å². The number of carbonyl (C=O) groups is 2. The molecule has 3 aromatic rings. The Morgan fingerprint density at radius 1 is 0.912 bits per heavy atom. The van der Waals surface area contributed by atoms with Crippen molar-refractivity contribution in [2.45, 2.75) is 0 Å². The molecule has 1 amide bonds. The van der Waals surface area contributed by atoms with Gasteiger partial charge in [0.1, 0.15) is 11.5 Å². The molecule has 0 bridgehead atoms. The lowest BCUT2D eigenvalue weighted by atomic mass is 10.1. The second-order valence-electron chi connectivity index (χ2n) is 6.61. The molecule has 0 aliphatic rings. The average molecular weight is 464 g/mol. The zero-order valence-corrected chi connectivity index (χ0v) is 17.5. The van der Waals surface area contributed by atoms with Crippen molar-refractivity contribution in [1.29, 1.82) is 0 Å². The molecule has 12 heteroatoms. The molecular formula is C22H16N4O8. The van der Waals surface area contributed by atoms with E-state index in [9.17, 15) is 29.8 Å². The summed E-state index contributed by atoms with van der Waals surface area (Å²) in [5.74, 6) is -0.929. The number of para-hydroxylation sites is 1. The number of hydrogen-bond acceptors (Lipinski definition) is 9. The van der Waals surface area contributed by atoms with Crippen molar-refractivity contribution in [2.24, 2.45) is 5.10 Å². The Morgan fingerprint density at radius 2 is 1.53 bits per heavy atom. The fraction of sp³-hybridized carbons (Fsp3) is 0.0455. The zero-order valence-electron chi connectivity index (χ0n) is 17.5. The van der Waals surface area contributed by atoms with Crippen molar-refractivity contribution in [3.8, 4) is 11.5 Å². The van der Waals surface area contributed by atoms with E-state index in [1.165, 1.54) is 19.4 Å². The van der Waals surface area contributed by atoms with Crippen molar-refractivity contribution in [3.63, 3.8) is 0 Å². The Balaban J connectivity index is 1.76. The van der Waals surface area contributed by atoms with E-state index in [4.69, 9.17) is 9.47 Å². The summed E-state index contributed by atoms with van der Waals surface area (Å²) in [5.41, 5.74) is 1.34. The molecule has 0 spiro atoms. The van der Waals surface area contributed by atoms with Gasteiger partial charge in [0.05, 0.1) is 34.8 Å². The highest BCUT2D eigenvalue weighted by molar-refractivity contribution is 5.96. The summed E-state index contributed by atoms with van der Waals surface area (Å²) < 4.78 is 10.3. The molecular weight excluding hydrogens is 448 g/mol. The predicted molar refractivity (Wildman–Crippen MR) is 119 cm³/mol. The highest BCUT2D eigenvalue weighted by Crippen LogP contribution is 2.24. The van der Waals surface area contributed by atoms with Crippen molar-refractivity contribution in [1.82, 2.24) is 5.43 Å². The molecule has 0 saturated carbocycles. The number of esters is 1. The van der Waals surface area contributed by atoms with E-state index in [1.54, 1.807) is 42.5 Å². The van der Waals surface area contributed by atoms with Crippen LogP contribution in [0.5, 0.6) is 11.5 Å². The Bertz CT molecular complexity index is 1260. The van der Waals surface area contributed by atoms with Crippen LogP contribution in [0.15, 0.2) is 71.8 Å². The van der Waals surface area contributed by atoms with Gasteiger partial charge in [0, 0.05) is 23.3 Å². The van der Waals surface area contributed by atoms with Gasteiger partial charge in [0.15, 0.2) is 0 Å². The number of rotatable bonds is 8. The van der Waals surface area contributed by atoms with Gasteiger partial charge in [-0.25, -0.2) is 10.2 Å². The highest BCUT2D eigenvalue weighted by atomic mass is 16.6. The monoisotopic (exact) mass is 464 g/mol. The molecule has 3 aromatic carbocycles. The zero-order chi connectivity index (χ0) is 24.7. The molecule has 0 heterocycles. The lowest BCUT2D eigenvalue weighted by molar-refractivity contribution is -0.394. The van der Waals surface area contributed by atoms with Gasteiger partial charge in [-0.2, -0.15) is 5.10 Å². The molecule has 12 nitrogen and oxygen atoms in total. The minimum atomic E-state index is -1.05. The van der Waals surface area contributed by atoms with Crippen LogP contribution in [0.3, 0.4) is 0 Å². The Morgan fingerprint density at radius 3 is 2.12 bits per heavy atom. The number of carbonyl (C=O) groups excluding carboxylic acids is 2. The Labute approximate surface area is 191 Å². The first-order valence-corrected chi connectivity index (χ1v) is 9.51. The van der Waals surface area contributed by atoms with E-state index in [0.29, 0.717) is 16.9 Å². The predicted octanol–water partition coefficient (Wildman–Crippen LogP) is 3.49. The number of amides is 1. The standard InChI is InChI=1S/C22H16N4O8/c1-33-19-8-6-14(7-9-19)21(27)24-23-13-15-4-2-3-5-20(15)34-22(28)16-10-17(25(29)30)12-18(11-16)26(31)32/h2-13H,1H3,(H,24,27)/b23-13+. The van der Waals surface area contributed by atoms with Crippen LogP contribution in [0.4, 0.5) is 11.4 Å². The van der Waals surface area contributed by atoms with Gasteiger partial charge >= 0.3 is 5.97 Å². The number of hydrogen-bond donors (Lipinski definition) is 1. The summed E-state index contributed by atoms with van der Waals surface area (Å²) in [4.78, 5) is 45.1. The summed E-state index contributed by atoms with van der Waals surface area (Å²) in [5, 5.41) is 25.9. The molecule has 0 aliphatic heterocycles. The second-order valence-corrected chi connectivity index (χ2v) is 6.61. The topological polar surface area (TPSA) is 163 Å². The van der Waals surface area contributed by atoms with Crippen LogP contribution in [-0.4, -0.2) is 35.0 Å². The lowest BCUT2D eigenvalue weighted by Crippen LogP contribution is -2.17. The largest absolute Gasteiger partial charge is 0.497 e. The van der Waals surface area contributed by atoms with Gasteiger partial charge in [-0.3, -0.25) is 25.0 Å². The molecule has 0 aliphatic carbocycles. The molecule has 3 rings (SSSR count). The number of hydrazone groups is 1. The van der Waals surface area contributed by atoms with Crippen molar-refractivity contribution < 1.29 is 28.9 Å². The SMILES string of the molecule is COc1ccc(C(=O)N/N=C/c2ccccc2OC(=O)c2cc([N+](=O)[O-])cc([N+](=O)[O-])c2)cc1. The molecule has 0 aromatic heterocycles. The third kappa shape index (κ3) is 5.76. The molecule has 172 valence electrons. The normalized spacial score (nSPS) is 10.5. The first-order chi connectivity index (χ1) is 16.3. The van der Waals surface area contributed by atoms with E-state index < -0.39 is 33.1 Å². The number of methoxy groups -OCH3 is 1. The number of non-ortho nitro benzene ring substituents is 2. The molecule has 0 fully saturated rings. The van der Waals surface area contributed by atoms with Crippen LogP contribution >= 0.6 is 0 Å². The third-order valence-corrected chi connectivity index (χ3v) is 4.40. The number of nitro groups is 2. The summed E-state index contributed by atoms with van der Waals surface area (Å²) in [7, 11) is 1.50. The van der Waals surface area contributed by atoms with E-state index in [2.05, 4.69) is 10.5 Å². The van der Waals surface area contributed by atoms with Gasteiger partial charge < -0.3 is 9.47 Å². The summed E-state index contributed by atoms with van der Waals surface area (Å²) in [6, 6.07) is 15.0. The van der Waals surface area contributed by atoms with Crippen LogP contribution in [0.2, 0.25) is 0 Å². The Hall–Kier alpha value is -5.13. The van der Waals surface area contributed by atoms with Crippen LogP contribution in [0.25, 0.3) is 0 Å². The van der Waals surface area contributed by atoms with Crippen LogP contribution in [0, 0.1) is 20.2 Å². The molecule has 0 radical (unpaired) electrons. The number of nitrogens with one attached hydrogen (secondary N) is 1. The van der Waals surface area contributed by atoms with E-state index in [0.717, 1.165) is 18.2 Å². The smallest absolute Gasteiger partial charge is 0.344 e. The number of nitrogens with zero attached hydrogens (tertiary/aromatic N) is 3. The molecule has 0 atom stereocenters. The van der Waals surface area contributed by atoms with Gasteiger partial charge in [0.2, 0.25) is 0 Å². The first kappa shape index (κ1) is 23.5. The van der Waals surface area contributed by atoms with Crippen molar-refractivity contribution in [3.05, 3.63) is 104 Å². The number of benzene rings is 3. The maximum atomic E-state index is 12.5. The van der Waals surface area contributed by atoms with Gasteiger partial charge in [-0.05, 0) is 36.4 Å². The maximum Gasteiger partial charge on any atom is 0.344 e. The minimum absolute atomic E-state index is 0.0177. The molecule has 34 heavy (non-hydrogen) atoms. The highest BCUT2D eigenvalue weighted by Gasteiger charge is 2.21. The van der Waals surface area contributed by atoms with E-state index in [1.807, 2.05) is 0 Å².